The van der Waals surface area contributed by atoms with Crippen molar-refractivity contribution in [3.8, 4) is 0 Å². The summed E-state index contributed by atoms with van der Waals surface area (Å²) in [5, 5.41) is 0.527. The number of ether oxygens (including phenoxy) is 1. The lowest BCUT2D eigenvalue weighted by molar-refractivity contribution is -0.139. The van der Waals surface area contributed by atoms with Crippen LogP contribution in [0.5, 0.6) is 0 Å². The van der Waals surface area contributed by atoms with Crippen molar-refractivity contribution in [1.29, 1.82) is 0 Å². The Morgan fingerprint density at radius 3 is 2.51 bits per heavy atom. The molecule has 4 aromatic rings. The number of hydrogen-bond acceptors (Lipinski definition) is 6. The molecule has 1 atom stereocenters. The molecular formula is C31H23BrClN3O4S. The summed E-state index contributed by atoms with van der Waals surface area (Å²) in [6.07, 6.45) is 0. The topological polar surface area (TPSA) is 81.0 Å². The second-order valence-electron chi connectivity index (χ2n) is 9.59. The zero-order valence-electron chi connectivity index (χ0n) is 22.1. The Morgan fingerprint density at radius 2 is 1.80 bits per heavy atom. The third-order valence-corrected chi connectivity index (χ3v) is 8.87. The number of carbonyl (C=O) groups excluding carboxylic acids is 2. The third-order valence-electron chi connectivity index (χ3n) is 7.07. The van der Waals surface area contributed by atoms with Crippen LogP contribution in [0.1, 0.15) is 36.6 Å². The number of esters is 1. The highest BCUT2D eigenvalue weighted by molar-refractivity contribution is 9.10. The Bertz CT molecular complexity index is 1930. The number of nitrogens with zero attached hydrogens (tertiary/aromatic N) is 3. The maximum atomic E-state index is 14.3. The third kappa shape index (κ3) is 4.77. The molecule has 0 spiro atoms. The summed E-state index contributed by atoms with van der Waals surface area (Å²) >= 11 is 10.8. The lowest BCUT2D eigenvalue weighted by atomic mass is 9.96. The van der Waals surface area contributed by atoms with Crippen LogP contribution >= 0.6 is 38.9 Å². The summed E-state index contributed by atoms with van der Waals surface area (Å²) in [7, 11) is 0. The summed E-state index contributed by atoms with van der Waals surface area (Å²) in [5.41, 5.74) is 3.66. The van der Waals surface area contributed by atoms with E-state index in [4.69, 9.17) is 16.3 Å². The molecule has 0 aliphatic carbocycles. The number of carbonyl (C=O) groups is 2. The molecule has 0 radical (unpaired) electrons. The molecule has 0 bridgehead atoms. The summed E-state index contributed by atoms with van der Waals surface area (Å²) in [5.74, 6) is -0.816. The number of fused-ring (bicyclic) bond motifs is 2. The molecule has 10 heteroatoms. The first kappa shape index (κ1) is 27.4. The van der Waals surface area contributed by atoms with Gasteiger partial charge in [-0.1, -0.05) is 81.3 Å². The van der Waals surface area contributed by atoms with Crippen LogP contribution in [-0.4, -0.2) is 23.1 Å². The van der Waals surface area contributed by atoms with Gasteiger partial charge in [0.25, 0.3) is 11.5 Å². The highest BCUT2D eigenvalue weighted by Crippen LogP contribution is 2.38. The Morgan fingerprint density at radius 1 is 1.07 bits per heavy atom. The van der Waals surface area contributed by atoms with E-state index in [2.05, 4.69) is 20.9 Å². The number of halogens is 2. The fourth-order valence-electron chi connectivity index (χ4n) is 5.25. The van der Waals surface area contributed by atoms with Crippen LogP contribution in [0.2, 0.25) is 5.02 Å². The summed E-state index contributed by atoms with van der Waals surface area (Å²) in [6, 6.07) is 21.5. The summed E-state index contributed by atoms with van der Waals surface area (Å²) in [6.45, 7) is 3.99. The number of rotatable bonds is 5. The van der Waals surface area contributed by atoms with E-state index in [1.54, 1.807) is 43.0 Å². The molecule has 0 N–H and O–H groups in total. The lowest BCUT2D eigenvalue weighted by Gasteiger charge is -2.24. The molecule has 6 rings (SSSR count). The standard InChI is InChI=1S/C31H23BrClN3O4S/c1-3-40-30(39)24-17(2)34-31-36(26(24)19-9-12-21(33)13-10-19)29(38)27(41-31)25-22-15-20(32)11-14-23(22)35(28(25)37)16-18-7-5-4-6-8-18/h4-15,26H,3,16H2,1-2H3/b27-25-/t26-/m1/s1. The van der Waals surface area contributed by atoms with Crippen molar-refractivity contribution in [3.05, 3.63) is 130 Å². The van der Waals surface area contributed by atoms with Crippen molar-refractivity contribution in [1.82, 2.24) is 4.57 Å². The van der Waals surface area contributed by atoms with Gasteiger partial charge in [-0.15, -0.1) is 0 Å². The van der Waals surface area contributed by atoms with Crippen molar-refractivity contribution in [2.24, 2.45) is 4.99 Å². The molecule has 7 nitrogen and oxygen atoms in total. The second-order valence-corrected chi connectivity index (χ2v) is 11.9. The number of benzene rings is 3. The van der Waals surface area contributed by atoms with E-state index in [9.17, 15) is 14.4 Å². The van der Waals surface area contributed by atoms with E-state index in [0.717, 1.165) is 27.1 Å². The zero-order valence-corrected chi connectivity index (χ0v) is 25.2. The quantitative estimate of drug-likeness (QED) is 0.281. The molecule has 0 saturated heterocycles. The van der Waals surface area contributed by atoms with Gasteiger partial charge in [0.2, 0.25) is 0 Å². The maximum absolute atomic E-state index is 14.3. The summed E-state index contributed by atoms with van der Waals surface area (Å²) < 4.78 is 7.91. The van der Waals surface area contributed by atoms with E-state index in [0.29, 0.717) is 38.8 Å². The van der Waals surface area contributed by atoms with Gasteiger partial charge in [0.15, 0.2) is 4.80 Å². The molecule has 2 aliphatic rings. The molecule has 1 aromatic heterocycles. The second kappa shape index (κ2) is 10.9. The molecule has 2 aliphatic heterocycles. The highest BCUT2D eigenvalue weighted by Gasteiger charge is 2.37. The molecule has 3 heterocycles. The largest absolute Gasteiger partial charge is 0.463 e. The van der Waals surface area contributed by atoms with Gasteiger partial charge in [0, 0.05) is 15.1 Å². The first-order valence-electron chi connectivity index (χ1n) is 12.9. The number of amides is 1. The van der Waals surface area contributed by atoms with Gasteiger partial charge in [-0.2, -0.15) is 0 Å². The Kier molecular flexibility index (Phi) is 7.27. The highest BCUT2D eigenvalue weighted by atomic mass is 79.9. The van der Waals surface area contributed by atoms with Gasteiger partial charge in [0.1, 0.15) is 4.53 Å². The number of thiazole rings is 1. The molecule has 1 amide bonds. The van der Waals surface area contributed by atoms with Gasteiger partial charge in [-0.3, -0.25) is 14.2 Å². The lowest BCUT2D eigenvalue weighted by Crippen LogP contribution is -2.41. The van der Waals surface area contributed by atoms with E-state index in [1.165, 1.54) is 4.57 Å². The monoisotopic (exact) mass is 647 g/mol. The average molecular weight is 649 g/mol. The first-order chi connectivity index (χ1) is 19.8. The average Bonchev–Trinajstić information content (AvgIpc) is 3.41. The number of hydrogen-bond donors (Lipinski definition) is 0. The number of anilines is 1. The van der Waals surface area contributed by atoms with E-state index in [-0.39, 0.29) is 22.6 Å². The Balaban J connectivity index is 1.60. The predicted molar refractivity (Wildman–Crippen MR) is 163 cm³/mol. The van der Waals surface area contributed by atoms with Crippen LogP contribution in [0.25, 0.3) is 5.57 Å². The molecule has 3 aromatic carbocycles. The molecule has 206 valence electrons. The predicted octanol–water partition coefficient (Wildman–Crippen LogP) is 5.13. The van der Waals surface area contributed by atoms with E-state index >= 15 is 0 Å². The van der Waals surface area contributed by atoms with Gasteiger partial charge >= 0.3 is 5.97 Å². The fraction of sp³-hybridized carbons (Fsp3) is 0.161. The molecule has 0 saturated carbocycles. The summed E-state index contributed by atoms with van der Waals surface area (Å²) in [4.78, 5) is 48.3. The minimum atomic E-state index is -0.796. The van der Waals surface area contributed by atoms with Crippen LogP contribution in [0.4, 0.5) is 5.69 Å². The molecule has 0 fully saturated rings. The molecule has 41 heavy (non-hydrogen) atoms. The molecular weight excluding hydrogens is 626 g/mol. The normalized spacial score (nSPS) is 17.3. The van der Waals surface area contributed by atoms with Crippen LogP contribution in [-0.2, 0) is 20.9 Å². The van der Waals surface area contributed by atoms with Crippen LogP contribution in [0, 0.1) is 0 Å². The minimum Gasteiger partial charge on any atom is -0.463 e. The van der Waals surface area contributed by atoms with Gasteiger partial charge < -0.3 is 9.64 Å². The molecule has 0 unspecified atom stereocenters. The van der Waals surface area contributed by atoms with Gasteiger partial charge in [-0.05, 0) is 55.3 Å². The SMILES string of the molecule is CCOC(=O)C1=C(C)N=c2s/c(=C3\C(=O)N(Cc4ccccc4)c4ccc(Br)cc43)c(=O)n2[C@@H]1c1ccc(Cl)cc1. The fourth-order valence-corrected chi connectivity index (χ4v) is 6.87. The smallest absolute Gasteiger partial charge is 0.338 e. The number of aromatic nitrogens is 1. The van der Waals surface area contributed by atoms with Crippen molar-refractivity contribution in [2.45, 2.75) is 26.4 Å². The van der Waals surface area contributed by atoms with Crippen LogP contribution in [0.3, 0.4) is 0 Å². The van der Waals surface area contributed by atoms with E-state index in [1.807, 2.05) is 48.5 Å². The Labute approximate surface area is 252 Å². The maximum Gasteiger partial charge on any atom is 0.338 e. The van der Waals surface area contributed by atoms with Gasteiger partial charge in [0.05, 0.1) is 41.7 Å². The van der Waals surface area contributed by atoms with Crippen molar-refractivity contribution in [2.75, 3.05) is 11.5 Å². The van der Waals surface area contributed by atoms with Crippen molar-refractivity contribution < 1.29 is 14.3 Å². The first-order valence-corrected chi connectivity index (χ1v) is 14.9. The van der Waals surface area contributed by atoms with E-state index < -0.39 is 17.6 Å². The van der Waals surface area contributed by atoms with Crippen molar-refractivity contribution >= 4 is 62.0 Å². The Hall–Kier alpha value is -3.79. The number of allylic oxidation sites excluding steroid dienone is 1. The zero-order chi connectivity index (χ0) is 28.8. The van der Waals surface area contributed by atoms with Crippen LogP contribution in [0.15, 0.2) is 98.3 Å². The van der Waals surface area contributed by atoms with Crippen molar-refractivity contribution in [3.63, 3.8) is 0 Å². The van der Waals surface area contributed by atoms with Gasteiger partial charge in [-0.25, -0.2) is 9.79 Å². The van der Waals surface area contributed by atoms with Crippen LogP contribution < -0.4 is 19.8 Å². The minimum absolute atomic E-state index is 0.176.